The van der Waals surface area contributed by atoms with E-state index in [0.29, 0.717) is 12.4 Å². The van der Waals surface area contributed by atoms with Gasteiger partial charge in [0.1, 0.15) is 6.61 Å². The quantitative estimate of drug-likeness (QED) is 0.511. The fourth-order valence-electron chi connectivity index (χ4n) is 2.41. The zero-order valence-electron chi connectivity index (χ0n) is 15.8. The number of aliphatic imine (C=N–C) groups is 1. The van der Waals surface area contributed by atoms with Crippen molar-refractivity contribution in [3.63, 3.8) is 0 Å². The lowest BCUT2D eigenvalue weighted by Gasteiger charge is -2.25. The molecule has 1 heterocycles. The number of aliphatic hydroxyl groups is 1. The Bertz CT molecular complexity index is 512. The van der Waals surface area contributed by atoms with Crippen LogP contribution in [0.4, 0.5) is 0 Å². The molecule has 3 heteroatoms. The van der Waals surface area contributed by atoms with Crippen molar-refractivity contribution in [3.8, 4) is 0 Å². The first-order chi connectivity index (χ1) is 10.6. The normalized spacial score (nSPS) is 20.8. The summed E-state index contributed by atoms with van der Waals surface area (Å²) in [5, 5.41) is 9.32. The van der Waals surface area contributed by atoms with Crippen LogP contribution >= 0.6 is 0 Å². The molecule has 3 nitrogen and oxygen atoms in total. The summed E-state index contributed by atoms with van der Waals surface area (Å²) in [5.41, 5.74) is 1.01. The Kier molecular flexibility index (Phi) is 6.67. The monoisotopic (exact) mass is 319 g/mol. The predicted octanol–water partition coefficient (Wildman–Crippen LogP) is 5.60. The Morgan fingerprint density at radius 2 is 1.96 bits per heavy atom. The lowest BCUT2D eigenvalue weighted by atomic mass is 9.82. The van der Waals surface area contributed by atoms with Gasteiger partial charge >= 0.3 is 0 Å². The number of hydrogen-bond acceptors (Lipinski definition) is 3. The molecule has 1 aliphatic heterocycles. The van der Waals surface area contributed by atoms with E-state index in [-0.39, 0.29) is 16.9 Å². The van der Waals surface area contributed by atoms with Crippen LogP contribution in [-0.2, 0) is 4.74 Å². The van der Waals surface area contributed by atoms with E-state index in [4.69, 9.17) is 9.73 Å². The summed E-state index contributed by atoms with van der Waals surface area (Å²) in [6.45, 7) is 15.4. The van der Waals surface area contributed by atoms with Gasteiger partial charge in [0, 0.05) is 0 Å². The van der Waals surface area contributed by atoms with Gasteiger partial charge in [0.05, 0.1) is 17.2 Å². The van der Waals surface area contributed by atoms with Gasteiger partial charge in [-0.25, -0.2) is 4.99 Å². The summed E-state index contributed by atoms with van der Waals surface area (Å²) in [5.74, 6) is 1.12. The maximum Gasteiger partial charge on any atom is 0.194 e. The molecule has 0 saturated heterocycles. The maximum atomic E-state index is 9.32. The maximum absolute atomic E-state index is 9.32. The molecule has 0 radical (unpaired) electrons. The summed E-state index contributed by atoms with van der Waals surface area (Å²) in [6, 6.07) is 0.202. The number of ether oxygens (including phenoxy) is 1. The number of aliphatic hydroxyl groups excluding tert-OH is 1. The fraction of sp³-hybridized carbons (Fsp3) is 0.650. The molecule has 0 unspecified atom stereocenters. The zero-order valence-corrected chi connectivity index (χ0v) is 15.8. The molecular weight excluding hydrogens is 286 g/mol. The minimum absolute atomic E-state index is 0.109. The first-order valence-electron chi connectivity index (χ1n) is 8.54. The van der Waals surface area contributed by atoms with Gasteiger partial charge < -0.3 is 9.84 Å². The van der Waals surface area contributed by atoms with E-state index in [9.17, 15) is 5.11 Å². The van der Waals surface area contributed by atoms with Gasteiger partial charge in [0.25, 0.3) is 0 Å². The summed E-state index contributed by atoms with van der Waals surface area (Å²) in [6.07, 6.45) is 9.99. The molecular formula is C20H33NO2. The molecule has 0 bridgehead atoms. The second kappa shape index (κ2) is 7.85. The van der Waals surface area contributed by atoms with E-state index in [2.05, 4.69) is 47.6 Å². The van der Waals surface area contributed by atoms with Gasteiger partial charge in [0.2, 0.25) is 0 Å². The van der Waals surface area contributed by atoms with E-state index in [1.165, 1.54) is 5.57 Å². The Labute approximate surface area is 141 Å². The minimum atomic E-state index is -0.275. The summed E-state index contributed by atoms with van der Waals surface area (Å²) in [7, 11) is 0. The van der Waals surface area contributed by atoms with Crippen molar-refractivity contribution in [2.45, 2.75) is 67.3 Å². The smallest absolute Gasteiger partial charge is 0.194 e. The van der Waals surface area contributed by atoms with Gasteiger partial charge in [-0.1, -0.05) is 52.3 Å². The van der Waals surface area contributed by atoms with E-state index in [0.717, 1.165) is 18.7 Å². The van der Waals surface area contributed by atoms with Gasteiger partial charge in [-0.15, -0.1) is 0 Å². The Balaban J connectivity index is 3.09. The van der Waals surface area contributed by atoms with Crippen LogP contribution in [0.5, 0.6) is 0 Å². The molecule has 0 fully saturated rings. The first-order valence-corrected chi connectivity index (χ1v) is 8.54. The lowest BCUT2D eigenvalue weighted by Crippen LogP contribution is -2.26. The van der Waals surface area contributed by atoms with Crippen LogP contribution in [0.1, 0.15) is 61.3 Å². The van der Waals surface area contributed by atoms with Crippen molar-refractivity contribution in [1.82, 2.24) is 0 Å². The van der Waals surface area contributed by atoms with Gasteiger partial charge in [-0.3, -0.25) is 0 Å². The highest BCUT2D eigenvalue weighted by Gasteiger charge is 2.38. The van der Waals surface area contributed by atoms with E-state index in [1.54, 1.807) is 13.0 Å². The first kappa shape index (κ1) is 19.5. The standard InChI is InChI=1S/C20H33NO2/c1-8-9-12-16(13-10-11-15(2)22)20(6,7)18-21-17(14-23-18)19(3,4)5/h10-13,17,22H,8-9,14H2,1-7H3/b13-10-,15-11+,16-12-/t17-/m1/s1. The number of nitrogens with zero attached hydrogens (tertiary/aromatic N) is 1. The number of allylic oxidation sites excluding steroid dienone is 5. The zero-order chi connectivity index (χ0) is 17.7. The molecule has 0 aromatic carbocycles. The molecule has 0 aromatic rings. The summed E-state index contributed by atoms with van der Waals surface area (Å²) >= 11 is 0. The van der Waals surface area contributed by atoms with Crippen molar-refractivity contribution in [2.75, 3.05) is 6.61 Å². The van der Waals surface area contributed by atoms with Crippen LogP contribution in [0.15, 0.2) is 40.6 Å². The Hall–Kier alpha value is -1.51. The topological polar surface area (TPSA) is 41.8 Å². The third-order valence-corrected chi connectivity index (χ3v) is 4.17. The van der Waals surface area contributed by atoms with E-state index < -0.39 is 0 Å². The van der Waals surface area contributed by atoms with Gasteiger partial charge in [-0.2, -0.15) is 0 Å². The largest absolute Gasteiger partial charge is 0.513 e. The van der Waals surface area contributed by atoms with Crippen molar-refractivity contribution in [1.29, 1.82) is 0 Å². The molecule has 0 aliphatic carbocycles. The summed E-state index contributed by atoms with van der Waals surface area (Å²) < 4.78 is 5.96. The average molecular weight is 319 g/mol. The molecule has 130 valence electrons. The third-order valence-electron chi connectivity index (χ3n) is 4.17. The van der Waals surface area contributed by atoms with Crippen LogP contribution in [-0.4, -0.2) is 23.7 Å². The Morgan fingerprint density at radius 3 is 2.43 bits per heavy atom. The van der Waals surface area contributed by atoms with Crippen LogP contribution in [0, 0.1) is 10.8 Å². The number of hydrogen-bond donors (Lipinski definition) is 1. The van der Waals surface area contributed by atoms with Crippen LogP contribution in [0.25, 0.3) is 0 Å². The average Bonchev–Trinajstić information content (AvgIpc) is 2.92. The minimum Gasteiger partial charge on any atom is -0.513 e. The molecule has 0 aromatic heterocycles. The van der Waals surface area contributed by atoms with Crippen molar-refractivity contribution in [3.05, 3.63) is 35.6 Å². The van der Waals surface area contributed by atoms with Gasteiger partial charge in [0.15, 0.2) is 5.90 Å². The second-order valence-electron chi connectivity index (χ2n) is 7.87. The highest BCUT2D eigenvalue weighted by molar-refractivity contribution is 5.87. The molecule has 0 amide bonds. The third kappa shape index (κ3) is 5.56. The number of rotatable bonds is 6. The van der Waals surface area contributed by atoms with Crippen LogP contribution < -0.4 is 0 Å². The molecule has 0 saturated carbocycles. The van der Waals surface area contributed by atoms with Crippen LogP contribution in [0.2, 0.25) is 0 Å². The van der Waals surface area contributed by atoms with E-state index in [1.807, 2.05) is 12.2 Å². The molecule has 1 aliphatic rings. The summed E-state index contributed by atoms with van der Waals surface area (Å²) in [4.78, 5) is 4.86. The van der Waals surface area contributed by atoms with E-state index >= 15 is 0 Å². The molecule has 23 heavy (non-hydrogen) atoms. The van der Waals surface area contributed by atoms with Crippen LogP contribution in [0.3, 0.4) is 0 Å². The predicted molar refractivity (Wildman–Crippen MR) is 98.9 cm³/mol. The van der Waals surface area contributed by atoms with Crippen molar-refractivity contribution < 1.29 is 9.84 Å². The van der Waals surface area contributed by atoms with Gasteiger partial charge in [-0.05, 0) is 44.3 Å². The molecule has 0 spiro atoms. The SMILES string of the molecule is CCC/C=C(/C=C\C=C(/C)O)C(C)(C)C1=N[C@@H](C(C)(C)C)CO1. The highest BCUT2D eigenvalue weighted by atomic mass is 16.5. The Morgan fingerprint density at radius 1 is 1.30 bits per heavy atom. The van der Waals surface area contributed by atoms with Crippen molar-refractivity contribution >= 4 is 5.90 Å². The molecule has 1 rings (SSSR count). The number of unbranched alkanes of at least 4 members (excludes halogenated alkanes) is 1. The second-order valence-corrected chi connectivity index (χ2v) is 7.87. The van der Waals surface area contributed by atoms with Crippen molar-refractivity contribution in [2.24, 2.45) is 15.8 Å². The molecule has 1 N–H and O–H groups in total. The fourth-order valence-corrected chi connectivity index (χ4v) is 2.41. The molecule has 1 atom stereocenters. The highest BCUT2D eigenvalue weighted by Crippen LogP contribution is 2.36. The lowest BCUT2D eigenvalue weighted by molar-refractivity contribution is 0.225.